The van der Waals surface area contributed by atoms with Crippen molar-refractivity contribution in [2.24, 2.45) is 4.99 Å². The van der Waals surface area contributed by atoms with Gasteiger partial charge in [-0.3, -0.25) is 9.98 Å². The van der Waals surface area contributed by atoms with E-state index in [-0.39, 0.29) is 5.82 Å². The molecule has 1 aliphatic rings. The Bertz CT molecular complexity index is 868. The summed E-state index contributed by atoms with van der Waals surface area (Å²) in [4.78, 5) is 9.08. The Kier molecular flexibility index (Phi) is 2.78. The molecule has 2 aromatic carbocycles. The molecule has 1 aromatic heterocycles. The van der Waals surface area contributed by atoms with Gasteiger partial charge >= 0.3 is 0 Å². The van der Waals surface area contributed by atoms with Gasteiger partial charge in [-0.2, -0.15) is 0 Å². The number of halogens is 1. The van der Waals surface area contributed by atoms with Crippen molar-refractivity contribution in [1.82, 2.24) is 4.98 Å². The van der Waals surface area contributed by atoms with Crippen molar-refractivity contribution in [3.63, 3.8) is 0 Å². The summed E-state index contributed by atoms with van der Waals surface area (Å²) in [6.45, 7) is 0.737. The minimum Gasteiger partial charge on any atom is -0.284 e. The third-order valence-corrected chi connectivity index (χ3v) is 3.84. The Morgan fingerprint density at radius 3 is 2.86 bits per heavy atom. The first-order chi connectivity index (χ1) is 10.3. The maximum Gasteiger partial charge on any atom is 0.123 e. The summed E-state index contributed by atoms with van der Waals surface area (Å²) >= 11 is 0. The van der Waals surface area contributed by atoms with Crippen LogP contribution in [-0.2, 0) is 6.42 Å². The summed E-state index contributed by atoms with van der Waals surface area (Å²) in [7, 11) is 0. The van der Waals surface area contributed by atoms with Gasteiger partial charge < -0.3 is 0 Å². The Balaban J connectivity index is 1.89. The molecule has 0 saturated carbocycles. The minimum absolute atomic E-state index is 0.225. The second-order valence-corrected chi connectivity index (χ2v) is 5.20. The number of benzene rings is 2. The number of hydrogen-bond acceptors (Lipinski definition) is 2. The highest BCUT2D eigenvalue weighted by atomic mass is 19.1. The Hall–Kier alpha value is -2.55. The SMILES string of the molecule is Fc1ccc2c(c1)C(c1cnc3ccccc3c1)=NCC2. The highest BCUT2D eigenvalue weighted by molar-refractivity contribution is 6.15. The summed E-state index contributed by atoms with van der Waals surface area (Å²) in [5.74, 6) is -0.225. The van der Waals surface area contributed by atoms with Gasteiger partial charge in [0.15, 0.2) is 0 Å². The first kappa shape index (κ1) is 12.2. The number of hydrogen-bond donors (Lipinski definition) is 0. The predicted molar refractivity (Wildman–Crippen MR) is 82.4 cm³/mol. The molecule has 0 radical (unpaired) electrons. The normalized spacial score (nSPS) is 13.9. The standard InChI is InChI=1S/C18H13FN2/c19-15-6-5-12-7-8-20-18(16(12)10-15)14-9-13-3-1-2-4-17(13)21-11-14/h1-6,9-11H,7-8H2. The van der Waals surface area contributed by atoms with Gasteiger partial charge in [-0.25, -0.2) is 4.39 Å². The fourth-order valence-corrected chi connectivity index (χ4v) is 2.81. The van der Waals surface area contributed by atoms with E-state index in [9.17, 15) is 4.39 Å². The molecule has 3 heteroatoms. The maximum absolute atomic E-state index is 13.6. The van der Waals surface area contributed by atoms with Gasteiger partial charge in [0.1, 0.15) is 5.82 Å². The fraction of sp³-hybridized carbons (Fsp3) is 0.111. The number of para-hydroxylation sites is 1. The van der Waals surface area contributed by atoms with E-state index in [1.54, 1.807) is 6.07 Å². The summed E-state index contributed by atoms with van der Waals surface area (Å²) in [6, 6.07) is 15.0. The second kappa shape index (κ2) is 4.77. The van der Waals surface area contributed by atoms with Crippen molar-refractivity contribution < 1.29 is 4.39 Å². The largest absolute Gasteiger partial charge is 0.284 e. The monoisotopic (exact) mass is 276 g/mol. The van der Waals surface area contributed by atoms with Gasteiger partial charge in [0.2, 0.25) is 0 Å². The molecule has 0 saturated heterocycles. The molecular formula is C18H13FN2. The molecule has 0 spiro atoms. The van der Waals surface area contributed by atoms with E-state index in [0.29, 0.717) is 0 Å². The molecule has 0 fully saturated rings. The third-order valence-electron chi connectivity index (χ3n) is 3.84. The molecule has 2 nitrogen and oxygen atoms in total. The van der Waals surface area contributed by atoms with E-state index < -0.39 is 0 Å². The number of nitrogens with zero attached hydrogens (tertiary/aromatic N) is 2. The molecule has 0 bridgehead atoms. The molecule has 2 heterocycles. The first-order valence-electron chi connectivity index (χ1n) is 7.00. The molecule has 0 unspecified atom stereocenters. The van der Waals surface area contributed by atoms with Gasteiger partial charge in [-0.05, 0) is 36.2 Å². The first-order valence-corrected chi connectivity index (χ1v) is 7.00. The Morgan fingerprint density at radius 1 is 1.00 bits per heavy atom. The van der Waals surface area contributed by atoms with E-state index in [1.165, 1.54) is 6.07 Å². The van der Waals surface area contributed by atoms with Gasteiger partial charge in [-0.1, -0.05) is 24.3 Å². The zero-order valence-electron chi connectivity index (χ0n) is 11.4. The van der Waals surface area contributed by atoms with Gasteiger partial charge in [0, 0.05) is 29.3 Å². The number of aliphatic imine (C=N–C) groups is 1. The van der Waals surface area contributed by atoms with E-state index in [2.05, 4.69) is 16.0 Å². The van der Waals surface area contributed by atoms with Crippen LogP contribution in [0.4, 0.5) is 4.39 Å². The van der Waals surface area contributed by atoms with Crippen LogP contribution in [0.1, 0.15) is 16.7 Å². The molecule has 4 rings (SSSR count). The smallest absolute Gasteiger partial charge is 0.123 e. The minimum atomic E-state index is -0.225. The molecule has 21 heavy (non-hydrogen) atoms. The van der Waals surface area contributed by atoms with Crippen molar-refractivity contribution >= 4 is 16.6 Å². The second-order valence-electron chi connectivity index (χ2n) is 5.20. The highest BCUT2D eigenvalue weighted by Gasteiger charge is 2.17. The van der Waals surface area contributed by atoms with Crippen LogP contribution in [0.15, 0.2) is 59.7 Å². The van der Waals surface area contributed by atoms with Crippen molar-refractivity contribution in [2.75, 3.05) is 6.54 Å². The highest BCUT2D eigenvalue weighted by Crippen LogP contribution is 2.23. The summed E-state index contributed by atoms with van der Waals surface area (Å²) in [5.41, 5.74) is 4.78. The predicted octanol–water partition coefficient (Wildman–Crippen LogP) is 3.77. The lowest BCUT2D eigenvalue weighted by atomic mass is 9.93. The van der Waals surface area contributed by atoms with Crippen LogP contribution in [0.3, 0.4) is 0 Å². The fourth-order valence-electron chi connectivity index (χ4n) is 2.81. The molecule has 0 N–H and O–H groups in total. The lowest BCUT2D eigenvalue weighted by molar-refractivity contribution is 0.626. The van der Waals surface area contributed by atoms with Crippen molar-refractivity contribution in [3.05, 3.63) is 77.2 Å². The van der Waals surface area contributed by atoms with Crippen molar-refractivity contribution in [3.8, 4) is 0 Å². The van der Waals surface area contributed by atoms with E-state index in [0.717, 1.165) is 46.3 Å². The van der Waals surface area contributed by atoms with E-state index in [4.69, 9.17) is 0 Å². The average Bonchev–Trinajstić information content (AvgIpc) is 2.54. The van der Waals surface area contributed by atoms with Gasteiger partial charge in [0.25, 0.3) is 0 Å². The topological polar surface area (TPSA) is 25.2 Å². The molecule has 0 aliphatic carbocycles. The lowest BCUT2D eigenvalue weighted by Gasteiger charge is -2.17. The maximum atomic E-state index is 13.6. The molecule has 0 amide bonds. The molecule has 1 aliphatic heterocycles. The van der Waals surface area contributed by atoms with Crippen LogP contribution >= 0.6 is 0 Å². The summed E-state index contributed by atoms with van der Waals surface area (Å²) in [5, 5.41) is 1.07. The van der Waals surface area contributed by atoms with E-state index in [1.807, 2.05) is 36.5 Å². The quantitative estimate of drug-likeness (QED) is 0.664. The summed E-state index contributed by atoms with van der Waals surface area (Å²) in [6.07, 6.45) is 2.68. The van der Waals surface area contributed by atoms with Crippen molar-refractivity contribution in [2.45, 2.75) is 6.42 Å². The zero-order valence-corrected chi connectivity index (χ0v) is 11.4. The van der Waals surface area contributed by atoms with Crippen LogP contribution in [0.2, 0.25) is 0 Å². The van der Waals surface area contributed by atoms with Crippen LogP contribution in [-0.4, -0.2) is 17.2 Å². The Labute approximate surface area is 122 Å². The van der Waals surface area contributed by atoms with Crippen LogP contribution in [0, 0.1) is 5.82 Å². The van der Waals surface area contributed by atoms with Crippen LogP contribution < -0.4 is 0 Å². The number of pyridine rings is 1. The average molecular weight is 276 g/mol. The molecule has 3 aromatic rings. The van der Waals surface area contributed by atoms with Crippen LogP contribution in [0.25, 0.3) is 10.9 Å². The number of rotatable bonds is 1. The lowest BCUT2D eigenvalue weighted by Crippen LogP contribution is -2.14. The zero-order chi connectivity index (χ0) is 14.2. The van der Waals surface area contributed by atoms with Gasteiger partial charge in [-0.15, -0.1) is 0 Å². The Morgan fingerprint density at radius 2 is 1.90 bits per heavy atom. The molecule has 0 atom stereocenters. The van der Waals surface area contributed by atoms with E-state index >= 15 is 0 Å². The van der Waals surface area contributed by atoms with Crippen molar-refractivity contribution in [1.29, 1.82) is 0 Å². The molecule has 102 valence electrons. The summed E-state index contributed by atoms with van der Waals surface area (Å²) < 4.78 is 13.6. The third kappa shape index (κ3) is 2.11. The number of aromatic nitrogens is 1. The van der Waals surface area contributed by atoms with Crippen LogP contribution in [0.5, 0.6) is 0 Å². The number of fused-ring (bicyclic) bond motifs is 2. The molecular weight excluding hydrogens is 263 g/mol. The van der Waals surface area contributed by atoms with Gasteiger partial charge in [0.05, 0.1) is 11.2 Å².